The Labute approximate surface area is 238 Å². The van der Waals surface area contributed by atoms with Gasteiger partial charge in [0.05, 0.1) is 22.4 Å². The van der Waals surface area contributed by atoms with Gasteiger partial charge in [0.2, 0.25) is 5.78 Å². The maximum absolute atomic E-state index is 13.3. The van der Waals surface area contributed by atoms with Crippen molar-refractivity contribution in [3.8, 4) is 11.5 Å². The molecule has 1 aliphatic heterocycles. The Morgan fingerprint density at radius 1 is 0.732 bits per heavy atom. The summed E-state index contributed by atoms with van der Waals surface area (Å²) in [5.74, 6) is -0.812. The highest BCUT2D eigenvalue weighted by Gasteiger charge is 2.37. The summed E-state index contributed by atoms with van der Waals surface area (Å²) in [6.45, 7) is 5.93. The highest BCUT2D eigenvalue weighted by atomic mass is 16.5. The zero-order valence-electron chi connectivity index (χ0n) is 23.0. The maximum atomic E-state index is 13.3. The minimum absolute atomic E-state index is 0.0888. The minimum Gasteiger partial charge on any atom is -0.457 e. The van der Waals surface area contributed by atoms with E-state index in [1.165, 1.54) is 18.2 Å². The van der Waals surface area contributed by atoms with Crippen LogP contribution in [-0.2, 0) is 4.74 Å². The fourth-order valence-corrected chi connectivity index (χ4v) is 4.67. The molecule has 0 spiro atoms. The van der Waals surface area contributed by atoms with Gasteiger partial charge in [-0.1, -0.05) is 49.7 Å². The molecule has 0 saturated carbocycles. The number of aryl methyl sites for hydroxylation is 2. The van der Waals surface area contributed by atoms with Gasteiger partial charge in [0.15, 0.2) is 6.10 Å². The molecule has 1 aliphatic rings. The Morgan fingerprint density at radius 3 is 2.10 bits per heavy atom. The fourth-order valence-electron chi connectivity index (χ4n) is 4.67. The molecule has 41 heavy (non-hydrogen) atoms. The normalized spacial score (nSPS) is 13.1. The quantitative estimate of drug-likeness (QED) is 0.126. The molecular formula is C34H29NO6. The van der Waals surface area contributed by atoms with Crippen molar-refractivity contribution in [1.82, 2.24) is 0 Å². The summed E-state index contributed by atoms with van der Waals surface area (Å²) in [5.41, 5.74) is 3.48. The van der Waals surface area contributed by atoms with Crippen LogP contribution in [0.1, 0.15) is 72.3 Å². The lowest BCUT2D eigenvalue weighted by molar-refractivity contribution is 0.0266. The van der Waals surface area contributed by atoms with Crippen molar-refractivity contribution in [2.75, 3.05) is 4.90 Å². The van der Waals surface area contributed by atoms with Crippen molar-refractivity contribution in [1.29, 1.82) is 0 Å². The monoisotopic (exact) mass is 547 g/mol. The third-order valence-corrected chi connectivity index (χ3v) is 7.08. The van der Waals surface area contributed by atoms with E-state index < -0.39 is 23.9 Å². The lowest BCUT2D eigenvalue weighted by atomic mass is 10.0. The molecular weight excluding hydrogens is 518 g/mol. The van der Waals surface area contributed by atoms with E-state index in [0.717, 1.165) is 16.0 Å². The number of imide groups is 1. The van der Waals surface area contributed by atoms with Crippen LogP contribution in [0.2, 0.25) is 0 Å². The Bertz CT molecular complexity index is 1640. The van der Waals surface area contributed by atoms with E-state index in [-0.39, 0.29) is 22.5 Å². The molecule has 0 fully saturated rings. The number of amides is 2. The van der Waals surface area contributed by atoms with Crippen LogP contribution in [0.15, 0.2) is 91.0 Å². The number of Topliss-reactive ketones (excluding diaryl/α,β-unsaturated/α-hetero) is 1. The molecule has 7 nitrogen and oxygen atoms in total. The van der Waals surface area contributed by atoms with E-state index in [1.54, 1.807) is 54.6 Å². The predicted octanol–water partition coefficient (Wildman–Crippen LogP) is 7.10. The SMILES string of the molecule is CCCC(OC(=O)c1ccc2c(c1)C(=O)N(c1ccc(Oc3ccc(C)c(C)c3)cc1)C2=O)C(=O)c1ccccc1. The van der Waals surface area contributed by atoms with E-state index in [1.807, 2.05) is 39.0 Å². The molecule has 0 aliphatic carbocycles. The molecule has 0 aromatic heterocycles. The average molecular weight is 548 g/mol. The van der Waals surface area contributed by atoms with Crippen molar-refractivity contribution in [3.63, 3.8) is 0 Å². The first-order valence-electron chi connectivity index (χ1n) is 13.4. The number of ketones is 1. The fraction of sp³-hybridized carbons (Fsp3) is 0.176. The first-order chi connectivity index (χ1) is 19.8. The van der Waals surface area contributed by atoms with Crippen LogP contribution in [0, 0.1) is 13.8 Å². The first-order valence-corrected chi connectivity index (χ1v) is 13.4. The molecule has 4 aromatic rings. The van der Waals surface area contributed by atoms with Gasteiger partial charge < -0.3 is 9.47 Å². The Hall–Kier alpha value is -5.04. The van der Waals surface area contributed by atoms with Crippen molar-refractivity contribution in [2.45, 2.75) is 39.7 Å². The second-order valence-electron chi connectivity index (χ2n) is 9.96. The molecule has 4 aromatic carbocycles. The van der Waals surface area contributed by atoms with Gasteiger partial charge in [0, 0.05) is 5.56 Å². The molecule has 0 bridgehead atoms. The highest BCUT2D eigenvalue weighted by molar-refractivity contribution is 6.34. The summed E-state index contributed by atoms with van der Waals surface area (Å²) < 4.78 is 11.5. The van der Waals surface area contributed by atoms with Crippen LogP contribution < -0.4 is 9.64 Å². The highest BCUT2D eigenvalue weighted by Crippen LogP contribution is 2.32. The molecule has 7 heteroatoms. The molecule has 2 amide bonds. The van der Waals surface area contributed by atoms with Gasteiger partial charge >= 0.3 is 5.97 Å². The van der Waals surface area contributed by atoms with Gasteiger partial charge in [-0.05, 0) is 86.0 Å². The zero-order chi connectivity index (χ0) is 29.1. The molecule has 0 N–H and O–H groups in total. The summed E-state index contributed by atoms with van der Waals surface area (Å²) in [6, 6.07) is 25.3. The Kier molecular flexibility index (Phi) is 7.79. The van der Waals surface area contributed by atoms with E-state index >= 15 is 0 Å². The van der Waals surface area contributed by atoms with Gasteiger partial charge in [0.1, 0.15) is 11.5 Å². The summed E-state index contributed by atoms with van der Waals surface area (Å²) in [4.78, 5) is 53.5. The average Bonchev–Trinajstić information content (AvgIpc) is 3.24. The number of anilines is 1. The summed E-state index contributed by atoms with van der Waals surface area (Å²) >= 11 is 0. The lowest BCUT2D eigenvalue weighted by Gasteiger charge is -2.16. The Balaban J connectivity index is 1.32. The molecule has 1 atom stereocenters. The van der Waals surface area contributed by atoms with E-state index in [2.05, 4.69) is 0 Å². The third kappa shape index (κ3) is 5.65. The van der Waals surface area contributed by atoms with E-state index in [0.29, 0.717) is 35.6 Å². The van der Waals surface area contributed by atoms with E-state index in [4.69, 9.17) is 9.47 Å². The van der Waals surface area contributed by atoms with Crippen molar-refractivity contribution < 1.29 is 28.7 Å². The second-order valence-corrected chi connectivity index (χ2v) is 9.96. The van der Waals surface area contributed by atoms with Gasteiger partial charge in [-0.2, -0.15) is 0 Å². The first kappa shape index (κ1) is 27.5. The summed E-state index contributed by atoms with van der Waals surface area (Å²) in [7, 11) is 0. The van der Waals surface area contributed by atoms with Crippen molar-refractivity contribution in [3.05, 3.63) is 124 Å². The zero-order valence-corrected chi connectivity index (χ0v) is 23.0. The van der Waals surface area contributed by atoms with Gasteiger partial charge in [-0.15, -0.1) is 0 Å². The smallest absolute Gasteiger partial charge is 0.338 e. The van der Waals surface area contributed by atoms with Crippen LogP contribution in [0.4, 0.5) is 5.69 Å². The molecule has 1 heterocycles. The number of carbonyl (C=O) groups is 4. The standard InChI is InChI=1S/C34H29NO6/c1-4-8-30(31(36)23-9-6-5-7-10-23)41-34(39)24-12-18-28-29(20-24)33(38)35(32(28)37)25-13-16-26(17-14-25)40-27-15-11-21(2)22(3)19-27/h5-7,9-20,30H,4,8H2,1-3H3. The van der Waals surface area contributed by atoms with Gasteiger partial charge in [0.25, 0.3) is 11.8 Å². The minimum atomic E-state index is -0.957. The van der Waals surface area contributed by atoms with Crippen LogP contribution >= 0.6 is 0 Å². The lowest BCUT2D eigenvalue weighted by Crippen LogP contribution is -2.29. The third-order valence-electron chi connectivity index (χ3n) is 7.08. The van der Waals surface area contributed by atoms with Gasteiger partial charge in [-0.3, -0.25) is 14.4 Å². The van der Waals surface area contributed by atoms with E-state index in [9.17, 15) is 19.2 Å². The van der Waals surface area contributed by atoms with Crippen molar-refractivity contribution in [2.24, 2.45) is 0 Å². The van der Waals surface area contributed by atoms with Crippen LogP contribution in [0.5, 0.6) is 11.5 Å². The number of fused-ring (bicyclic) bond motifs is 1. The molecule has 1 unspecified atom stereocenters. The summed E-state index contributed by atoms with van der Waals surface area (Å²) in [5, 5.41) is 0. The number of nitrogens with zero attached hydrogens (tertiary/aromatic N) is 1. The van der Waals surface area contributed by atoms with Crippen LogP contribution in [0.3, 0.4) is 0 Å². The van der Waals surface area contributed by atoms with Crippen LogP contribution in [0.25, 0.3) is 0 Å². The number of hydrogen-bond donors (Lipinski definition) is 0. The summed E-state index contributed by atoms with van der Waals surface area (Å²) in [6.07, 6.45) is 0.0391. The number of rotatable bonds is 9. The molecule has 0 saturated heterocycles. The van der Waals surface area contributed by atoms with Gasteiger partial charge in [-0.25, -0.2) is 9.69 Å². The Morgan fingerprint density at radius 2 is 1.41 bits per heavy atom. The van der Waals surface area contributed by atoms with Crippen molar-refractivity contribution >= 4 is 29.3 Å². The number of benzene rings is 4. The topological polar surface area (TPSA) is 90.0 Å². The largest absolute Gasteiger partial charge is 0.457 e. The number of carbonyl (C=O) groups excluding carboxylic acids is 4. The second kappa shape index (κ2) is 11.6. The molecule has 206 valence electrons. The molecule has 5 rings (SSSR count). The van der Waals surface area contributed by atoms with Crippen LogP contribution in [-0.4, -0.2) is 29.7 Å². The number of ether oxygens (including phenoxy) is 2. The molecule has 0 radical (unpaired) electrons. The number of esters is 1. The maximum Gasteiger partial charge on any atom is 0.338 e. The predicted molar refractivity (Wildman–Crippen MR) is 155 cm³/mol. The number of hydrogen-bond acceptors (Lipinski definition) is 6.